The summed E-state index contributed by atoms with van der Waals surface area (Å²) < 4.78 is 96.3. The van der Waals surface area contributed by atoms with Crippen LogP contribution in [0.3, 0.4) is 0 Å². The van der Waals surface area contributed by atoms with Gasteiger partial charge >= 0.3 is 12.2 Å². The van der Waals surface area contributed by atoms with E-state index in [0.29, 0.717) is 34.1 Å². The van der Waals surface area contributed by atoms with Gasteiger partial charge in [-0.3, -0.25) is 19.4 Å². The van der Waals surface area contributed by atoms with Crippen molar-refractivity contribution in [3.05, 3.63) is 70.8 Å². The van der Waals surface area contributed by atoms with Gasteiger partial charge in [-0.25, -0.2) is 22.4 Å². The van der Waals surface area contributed by atoms with Crippen LogP contribution in [0.2, 0.25) is 0 Å². The van der Waals surface area contributed by atoms with Crippen molar-refractivity contribution < 1.29 is 45.1 Å². The predicted octanol–water partition coefficient (Wildman–Crippen LogP) is 5.86. The number of barbiturate groups is 1. The van der Waals surface area contributed by atoms with Crippen LogP contribution in [0.4, 0.5) is 35.5 Å². The molecule has 0 spiro atoms. The first kappa shape index (κ1) is 27.2. The third kappa shape index (κ3) is 6.03. The molecule has 0 unspecified atom stereocenters. The number of nitrogens with zero attached hydrogens (tertiary/aromatic N) is 2. The van der Waals surface area contributed by atoms with Crippen molar-refractivity contribution in [3.8, 4) is 0 Å². The van der Waals surface area contributed by atoms with Gasteiger partial charge in [0.15, 0.2) is 0 Å². The molecule has 12 heteroatoms. The normalized spacial score (nSPS) is 15.6. The number of amides is 4. The fourth-order valence-electron chi connectivity index (χ4n) is 3.61. The predicted molar refractivity (Wildman–Crippen MR) is 113 cm³/mol. The summed E-state index contributed by atoms with van der Waals surface area (Å²) in [7, 11) is 0. The molecule has 36 heavy (non-hydrogen) atoms. The Bertz CT molecular complexity index is 1130. The summed E-state index contributed by atoms with van der Waals surface area (Å²) in [6.07, 6.45) is -7.67. The van der Waals surface area contributed by atoms with Crippen LogP contribution in [0.25, 0.3) is 0 Å². The number of imide groups is 2. The molecule has 0 bridgehead atoms. The minimum atomic E-state index is -4.72. The summed E-state index contributed by atoms with van der Waals surface area (Å²) in [5.74, 6) is -9.23. The van der Waals surface area contributed by atoms with Gasteiger partial charge in [0, 0.05) is 37.1 Å². The number of carbonyl (C=O) groups is 3. The Hall–Kier alpha value is -3.44. The number of aryl methyl sites for hydroxylation is 1. The molecule has 0 saturated carbocycles. The quantitative estimate of drug-likeness (QED) is 0.325. The Labute approximate surface area is 201 Å². The maximum absolute atomic E-state index is 14.6. The van der Waals surface area contributed by atoms with Gasteiger partial charge in [0.05, 0.1) is 5.56 Å². The van der Waals surface area contributed by atoms with Gasteiger partial charge in [-0.15, -0.1) is 0 Å². The highest BCUT2D eigenvalue weighted by Crippen LogP contribution is 2.36. The zero-order valence-electron chi connectivity index (χ0n) is 18.9. The highest BCUT2D eigenvalue weighted by molar-refractivity contribution is 6.14. The van der Waals surface area contributed by atoms with E-state index in [9.17, 15) is 45.1 Å². The van der Waals surface area contributed by atoms with Crippen LogP contribution in [0.15, 0.2) is 48.5 Å². The molecule has 1 saturated heterocycles. The molecule has 194 valence electrons. The third-order valence-electron chi connectivity index (χ3n) is 5.77. The van der Waals surface area contributed by atoms with E-state index in [-0.39, 0.29) is 5.56 Å². The van der Waals surface area contributed by atoms with Crippen molar-refractivity contribution in [2.75, 3.05) is 13.1 Å². The molecule has 0 aromatic heterocycles. The lowest BCUT2D eigenvalue weighted by atomic mass is 10.0. The molecule has 0 N–H and O–H groups in total. The smallest absolute Gasteiger partial charge is 0.274 e. The van der Waals surface area contributed by atoms with Crippen LogP contribution in [-0.4, -0.2) is 40.7 Å². The monoisotopic (exact) mass is 518 g/mol. The van der Waals surface area contributed by atoms with Crippen LogP contribution < -0.4 is 0 Å². The van der Waals surface area contributed by atoms with Gasteiger partial charge in [0.25, 0.3) is 11.8 Å². The molecule has 4 amide bonds. The van der Waals surface area contributed by atoms with E-state index >= 15 is 0 Å². The minimum absolute atomic E-state index is 0.339. The SMILES string of the molecule is Cc1ccc(C(F)(F)CCN2C(=O)CC(=O)N(CCC(F)(F)c3ccc(C(F)(F)F)cc3)C2=O)cc1. The molecule has 0 radical (unpaired) electrons. The van der Waals surface area contributed by atoms with Crippen LogP contribution in [0.1, 0.15) is 41.5 Å². The summed E-state index contributed by atoms with van der Waals surface area (Å²) in [4.78, 5) is 37.8. The van der Waals surface area contributed by atoms with E-state index in [1.165, 1.54) is 24.3 Å². The van der Waals surface area contributed by atoms with Crippen LogP contribution in [-0.2, 0) is 27.6 Å². The van der Waals surface area contributed by atoms with Crippen LogP contribution in [0, 0.1) is 6.92 Å². The van der Waals surface area contributed by atoms with E-state index in [4.69, 9.17) is 0 Å². The van der Waals surface area contributed by atoms with Gasteiger partial charge in [0.2, 0.25) is 11.8 Å². The maximum Gasteiger partial charge on any atom is 0.416 e. The largest absolute Gasteiger partial charge is 0.416 e. The molecular weight excluding hydrogens is 497 g/mol. The molecule has 3 rings (SSSR count). The first-order chi connectivity index (χ1) is 16.6. The number of benzene rings is 2. The Balaban J connectivity index is 1.67. The molecular formula is C24H21F7N2O3. The average Bonchev–Trinajstić information content (AvgIpc) is 2.78. The molecule has 1 aliphatic rings. The summed E-state index contributed by atoms with van der Waals surface area (Å²) in [6, 6.07) is 6.18. The number of hydrogen-bond donors (Lipinski definition) is 0. The van der Waals surface area contributed by atoms with E-state index in [1.807, 2.05) is 0 Å². The lowest BCUT2D eigenvalue weighted by Crippen LogP contribution is -2.56. The summed E-state index contributed by atoms with van der Waals surface area (Å²) in [5.41, 5.74) is -1.48. The molecule has 1 heterocycles. The van der Waals surface area contributed by atoms with E-state index < -0.39 is 79.3 Å². The van der Waals surface area contributed by atoms with Gasteiger partial charge in [0.1, 0.15) is 6.42 Å². The van der Waals surface area contributed by atoms with Crippen LogP contribution in [0.5, 0.6) is 0 Å². The molecule has 0 atom stereocenters. The van der Waals surface area contributed by atoms with Gasteiger partial charge in [-0.2, -0.15) is 13.2 Å². The molecule has 0 aliphatic carbocycles. The average molecular weight is 518 g/mol. The Morgan fingerprint density at radius 3 is 1.39 bits per heavy atom. The minimum Gasteiger partial charge on any atom is -0.274 e. The zero-order valence-corrected chi connectivity index (χ0v) is 18.9. The number of halogens is 7. The maximum atomic E-state index is 14.6. The first-order valence-electron chi connectivity index (χ1n) is 10.8. The number of alkyl halides is 7. The second kappa shape index (κ2) is 9.90. The second-order valence-corrected chi connectivity index (χ2v) is 8.40. The topological polar surface area (TPSA) is 57.7 Å². The van der Waals surface area contributed by atoms with Gasteiger partial charge < -0.3 is 0 Å². The second-order valence-electron chi connectivity index (χ2n) is 8.40. The first-order valence-corrected chi connectivity index (χ1v) is 10.8. The number of rotatable bonds is 8. The van der Waals surface area contributed by atoms with Crippen molar-refractivity contribution in [1.29, 1.82) is 0 Å². The molecule has 1 aliphatic heterocycles. The fraction of sp³-hybridized carbons (Fsp3) is 0.375. The van der Waals surface area contributed by atoms with Crippen molar-refractivity contribution in [2.45, 2.75) is 44.2 Å². The highest BCUT2D eigenvalue weighted by atomic mass is 19.4. The number of urea groups is 1. The molecule has 2 aromatic rings. The van der Waals surface area contributed by atoms with Crippen molar-refractivity contribution >= 4 is 17.8 Å². The van der Waals surface area contributed by atoms with E-state index in [2.05, 4.69) is 0 Å². The standard InChI is InChI=1S/C24H21F7N2O3/c1-15-2-4-16(5-3-15)22(25,26)10-12-32-19(34)14-20(35)33(21(32)36)13-11-23(27,28)17-6-8-18(9-7-17)24(29,30)31/h2-9H,10-14H2,1H3. The summed E-state index contributed by atoms with van der Waals surface area (Å²) in [5, 5.41) is 0. The van der Waals surface area contributed by atoms with Gasteiger partial charge in [-0.05, 0) is 19.1 Å². The van der Waals surface area contributed by atoms with E-state index in [1.54, 1.807) is 6.92 Å². The lowest BCUT2D eigenvalue weighted by Gasteiger charge is -2.34. The third-order valence-corrected chi connectivity index (χ3v) is 5.77. The molecule has 1 fully saturated rings. The Kier molecular flexibility index (Phi) is 7.47. The summed E-state index contributed by atoms with van der Waals surface area (Å²) >= 11 is 0. The fourth-order valence-corrected chi connectivity index (χ4v) is 3.61. The van der Waals surface area contributed by atoms with E-state index in [0.717, 1.165) is 5.56 Å². The van der Waals surface area contributed by atoms with Gasteiger partial charge in [-0.1, -0.05) is 42.0 Å². The molecule has 2 aromatic carbocycles. The molecule has 5 nitrogen and oxygen atoms in total. The lowest BCUT2D eigenvalue weighted by molar-refractivity contribution is -0.144. The Morgan fingerprint density at radius 1 is 0.639 bits per heavy atom. The van der Waals surface area contributed by atoms with Crippen molar-refractivity contribution in [1.82, 2.24) is 9.80 Å². The number of carbonyl (C=O) groups excluding carboxylic acids is 3. The van der Waals surface area contributed by atoms with Crippen molar-refractivity contribution in [3.63, 3.8) is 0 Å². The Morgan fingerprint density at radius 2 is 1.00 bits per heavy atom. The zero-order chi connectivity index (χ0) is 26.9. The summed E-state index contributed by atoms with van der Waals surface area (Å²) in [6.45, 7) is 0.0844. The highest BCUT2D eigenvalue weighted by Gasteiger charge is 2.42. The van der Waals surface area contributed by atoms with Crippen LogP contribution >= 0.6 is 0 Å². The number of hydrogen-bond acceptors (Lipinski definition) is 3. The van der Waals surface area contributed by atoms with Crippen molar-refractivity contribution in [2.24, 2.45) is 0 Å².